The third-order valence-corrected chi connectivity index (χ3v) is 16.4. The molecule has 0 bridgehead atoms. The summed E-state index contributed by atoms with van der Waals surface area (Å²) in [6.07, 6.45) is 27.0. The van der Waals surface area contributed by atoms with Crippen molar-refractivity contribution in [3.05, 3.63) is 291 Å². The van der Waals surface area contributed by atoms with Crippen molar-refractivity contribution in [3.8, 4) is 67.5 Å². The van der Waals surface area contributed by atoms with Gasteiger partial charge in [0.25, 0.3) is 0 Å². The standard InChI is InChI=1S/C72H60N12/c1-7-25-73-61(13-1)49-19-31-79-67(43-49)55-37-56(68-44-50(20-32-80-68)62-14-2-8-26-74-62)39-58(70-46-52(22-34-82-70)64-16-4-10-28-76-64)41-60(72-48-54(24-36-84-72)66-18-6-12-30-78-66)42-59(71-47-53(23-35-83-71)65-17-5-11-29-77-65)40-57(38-55)69-45-51(21-33-81-69)63-15-3-9-27-75-63/h1-36,43-48,55-60H,37-42H2. The van der Waals surface area contributed by atoms with Crippen LogP contribution in [0.15, 0.2) is 256 Å². The van der Waals surface area contributed by atoms with E-state index in [1.54, 1.807) is 0 Å². The van der Waals surface area contributed by atoms with Crippen molar-refractivity contribution in [2.24, 2.45) is 0 Å². The summed E-state index contributed by atoms with van der Waals surface area (Å²) in [5.41, 5.74) is 17.3. The minimum atomic E-state index is -0.0989. The number of hydrogen-bond donors (Lipinski definition) is 0. The molecule has 13 rings (SSSR count). The third-order valence-electron chi connectivity index (χ3n) is 16.4. The molecule has 12 aromatic heterocycles. The summed E-state index contributed by atoms with van der Waals surface area (Å²) in [5.74, 6) is -0.594. The zero-order chi connectivity index (χ0) is 56.3. The molecule has 0 aliphatic heterocycles. The fraction of sp³-hybridized carbons (Fsp3) is 0.167. The fourth-order valence-corrected chi connectivity index (χ4v) is 12.3. The monoisotopic (exact) mass is 1090 g/mol. The number of aromatic nitrogens is 12. The van der Waals surface area contributed by atoms with E-state index in [0.717, 1.165) is 102 Å². The molecule has 12 heterocycles. The smallest absolute Gasteiger partial charge is 0.0703 e. The minimum Gasteiger partial charge on any atom is -0.261 e. The van der Waals surface area contributed by atoms with Crippen LogP contribution in [0.1, 0.15) is 108 Å². The van der Waals surface area contributed by atoms with Gasteiger partial charge in [0.1, 0.15) is 0 Å². The highest BCUT2D eigenvalue weighted by Gasteiger charge is 2.36. The first-order valence-electron chi connectivity index (χ1n) is 28.8. The lowest BCUT2D eigenvalue weighted by Gasteiger charge is -2.34. The molecule has 0 saturated heterocycles. The Bertz CT molecular complexity index is 3380. The maximum absolute atomic E-state index is 5.33. The van der Waals surface area contributed by atoms with E-state index in [4.69, 9.17) is 59.8 Å². The second-order valence-electron chi connectivity index (χ2n) is 21.7. The van der Waals surface area contributed by atoms with Gasteiger partial charge in [-0.1, -0.05) is 36.4 Å². The van der Waals surface area contributed by atoms with Gasteiger partial charge < -0.3 is 0 Å². The van der Waals surface area contributed by atoms with Gasteiger partial charge in [0.2, 0.25) is 0 Å². The first kappa shape index (κ1) is 53.1. The van der Waals surface area contributed by atoms with Crippen LogP contribution >= 0.6 is 0 Å². The van der Waals surface area contributed by atoms with Crippen molar-refractivity contribution in [2.45, 2.75) is 74.0 Å². The number of rotatable bonds is 12. The highest BCUT2D eigenvalue weighted by molar-refractivity contribution is 5.63. The zero-order valence-corrected chi connectivity index (χ0v) is 46.3. The average molecular weight is 1090 g/mol. The maximum atomic E-state index is 5.33. The normalized spacial score (nSPS) is 18.4. The Morgan fingerprint density at radius 2 is 0.345 bits per heavy atom. The van der Waals surface area contributed by atoms with Gasteiger partial charge >= 0.3 is 0 Å². The minimum absolute atomic E-state index is 0.0989. The van der Waals surface area contributed by atoms with Crippen LogP contribution in [0.5, 0.6) is 0 Å². The summed E-state index contributed by atoms with van der Waals surface area (Å²) in [7, 11) is 0. The average Bonchev–Trinajstić information content (AvgIpc) is 3.56. The Kier molecular flexibility index (Phi) is 16.0. The summed E-state index contributed by atoms with van der Waals surface area (Å²) in [6.45, 7) is 0. The Hall–Kier alpha value is -10.2. The Labute approximate surface area is 489 Å². The lowest BCUT2D eigenvalue weighted by atomic mass is 9.71. The summed E-state index contributed by atoms with van der Waals surface area (Å²) in [5, 5.41) is 0. The highest BCUT2D eigenvalue weighted by atomic mass is 14.8. The molecule has 1 aliphatic carbocycles. The quantitative estimate of drug-likeness (QED) is 0.114. The van der Waals surface area contributed by atoms with E-state index in [2.05, 4.69) is 109 Å². The SMILES string of the molecule is c1ccc(-c2ccnc(C3CC(c4cc(-c5ccccn5)ccn4)CC(c4cc(-c5ccccn5)ccn4)CC(c4cc(-c5ccccn5)ccn4)CC(c4cc(-c5ccccn5)ccn4)CC(c4cc(-c5ccccn5)ccn4)C3)c2)nc1. The predicted molar refractivity (Wildman–Crippen MR) is 329 cm³/mol. The molecule has 0 unspecified atom stereocenters. The van der Waals surface area contributed by atoms with Crippen LogP contribution in [0.2, 0.25) is 0 Å². The molecule has 0 N–H and O–H groups in total. The van der Waals surface area contributed by atoms with Crippen LogP contribution in [0.25, 0.3) is 67.5 Å². The van der Waals surface area contributed by atoms with Crippen LogP contribution < -0.4 is 0 Å². The van der Waals surface area contributed by atoms with Gasteiger partial charge in [-0.15, -0.1) is 0 Å². The van der Waals surface area contributed by atoms with Crippen LogP contribution in [0.4, 0.5) is 0 Å². The van der Waals surface area contributed by atoms with E-state index in [-0.39, 0.29) is 35.5 Å². The van der Waals surface area contributed by atoms with E-state index < -0.39 is 0 Å². The van der Waals surface area contributed by atoms with Gasteiger partial charge in [-0.3, -0.25) is 59.8 Å². The molecule has 0 aromatic carbocycles. The molecular formula is C72H60N12. The molecule has 0 atom stereocenters. The predicted octanol–water partition coefficient (Wildman–Crippen LogP) is 15.8. The molecule has 1 fully saturated rings. The van der Waals surface area contributed by atoms with Gasteiger partial charge in [-0.25, -0.2) is 0 Å². The molecule has 0 amide bonds. The molecule has 1 aliphatic rings. The van der Waals surface area contributed by atoms with Gasteiger partial charge in [-0.05, 0) is 184 Å². The molecule has 0 spiro atoms. The van der Waals surface area contributed by atoms with Crippen LogP contribution in [-0.4, -0.2) is 59.8 Å². The second kappa shape index (κ2) is 25.3. The summed E-state index contributed by atoms with van der Waals surface area (Å²) in [6, 6.07) is 62.3. The summed E-state index contributed by atoms with van der Waals surface area (Å²) < 4.78 is 0. The number of nitrogens with zero attached hydrogens (tertiary/aromatic N) is 12. The van der Waals surface area contributed by atoms with Crippen LogP contribution in [-0.2, 0) is 0 Å². The third kappa shape index (κ3) is 12.5. The Morgan fingerprint density at radius 3 is 0.488 bits per heavy atom. The second-order valence-corrected chi connectivity index (χ2v) is 21.7. The molecule has 12 nitrogen and oxygen atoms in total. The van der Waals surface area contributed by atoms with E-state index in [1.165, 1.54) is 0 Å². The van der Waals surface area contributed by atoms with Crippen LogP contribution in [0.3, 0.4) is 0 Å². The van der Waals surface area contributed by atoms with Crippen molar-refractivity contribution in [2.75, 3.05) is 0 Å². The van der Waals surface area contributed by atoms with Crippen molar-refractivity contribution >= 4 is 0 Å². The van der Waals surface area contributed by atoms with E-state index in [1.807, 2.05) is 147 Å². The molecule has 12 aromatic rings. The van der Waals surface area contributed by atoms with Gasteiger partial charge in [0.05, 0.1) is 34.2 Å². The highest BCUT2D eigenvalue weighted by Crippen LogP contribution is 2.49. The van der Waals surface area contributed by atoms with Gasteiger partial charge in [0, 0.05) is 177 Å². The molecule has 0 radical (unpaired) electrons. The lowest BCUT2D eigenvalue weighted by Crippen LogP contribution is -2.21. The fourth-order valence-electron chi connectivity index (χ4n) is 12.3. The molecule has 408 valence electrons. The molecular weight excluding hydrogens is 1030 g/mol. The summed E-state index contributed by atoms with van der Waals surface area (Å²) in [4.78, 5) is 61.0. The number of hydrogen-bond acceptors (Lipinski definition) is 12. The van der Waals surface area contributed by atoms with Crippen molar-refractivity contribution in [3.63, 3.8) is 0 Å². The van der Waals surface area contributed by atoms with Crippen molar-refractivity contribution < 1.29 is 0 Å². The topological polar surface area (TPSA) is 155 Å². The van der Waals surface area contributed by atoms with Gasteiger partial charge in [-0.2, -0.15) is 0 Å². The first-order chi connectivity index (χ1) is 41.6. The van der Waals surface area contributed by atoms with E-state index in [0.29, 0.717) is 38.5 Å². The van der Waals surface area contributed by atoms with E-state index in [9.17, 15) is 0 Å². The Morgan fingerprint density at radius 1 is 0.179 bits per heavy atom. The van der Waals surface area contributed by atoms with Crippen molar-refractivity contribution in [1.82, 2.24) is 59.8 Å². The molecule has 1 saturated carbocycles. The van der Waals surface area contributed by atoms with Crippen LogP contribution in [0, 0.1) is 0 Å². The maximum Gasteiger partial charge on any atom is 0.0703 e. The molecule has 12 heteroatoms. The first-order valence-corrected chi connectivity index (χ1v) is 28.8. The van der Waals surface area contributed by atoms with Gasteiger partial charge in [0.15, 0.2) is 0 Å². The zero-order valence-electron chi connectivity index (χ0n) is 46.3. The summed E-state index contributed by atoms with van der Waals surface area (Å²) >= 11 is 0. The molecule has 84 heavy (non-hydrogen) atoms. The number of pyridine rings is 12. The Balaban J connectivity index is 1.04. The lowest BCUT2D eigenvalue weighted by molar-refractivity contribution is 0.339. The van der Waals surface area contributed by atoms with Crippen molar-refractivity contribution in [1.29, 1.82) is 0 Å². The van der Waals surface area contributed by atoms with E-state index >= 15 is 0 Å². The largest absolute Gasteiger partial charge is 0.261 e.